The van der Waals surface area contributed by atoms with Crippen LogP contribution in [0.15, 0.2) is 24.3 Å². The number of nitrogens with two attached hydrogens (primary N) is 1. The average molecular weight is 244 g/mol. The number of para-hydroxylation sites is 2. The minimum atomic E-state index is 0.648. The molecule has 96 valence electrons. The zero-order valence-corrected chi connectivity index (χ0v) is 10.8. The van der Waals surface area contributed by atoms with Crippen LogP contribution in [-0.4, -0.2) is 34.6 Å². The summed E-state index contributed by atoms with van der Waals surface area (Å²) in [4.78, 5) is 6.82. The van der Waals surface area contributed by atoms with Crippen molar-refractivity contribution in [1.82, 2.24) is 14.5 Å². The van der Waals surface area contributed by atoms with E-state index in [0.29, 0.717) is 5.95 Å². The number of anilines is 1. The van der Waals surface area contributed by atoms with E-state index in [2.05, 4.69) is 33.6 Å². The van der Waals surface area contributed by atoms with E-state index in [-0.39, 0.29) is 0 Å². The number of nitrogens with zero attached hydrogens (tertiary/aromatic N) is 3. The molecule has 2 aromatic rings. The van der Waals surface area contributed by atoms with Gasteiger partial charge in [-0.2, -0.15) is 0 Å². The van der Waals surface area contributed by atoms with Crippen molar-refractivity contribution in [1.29, 1.82) is 0 Å². The van der Waals surface area contributed by atoms with Gasteiger partial charge >= 0.3 is 0 Å². The average Bonchev–Trinajstić information content (AvgIpc) is 2.69. The van der Waals surface area contributed by atoms with Crippen molar-refractivity contribution in [3.05, 3.63) is 24.3 Å². The summed E-state index contributed by atoms with van der Waals surface area (Å²) in [7, 11) is 2.19. The molecule has 1 saturated heterocycles. The molecule has 0 amide bonds. The van der Waals surface area contributed by atoms with Crippen LogP contribution in [0.1, 0.15) is 12.8 Å². The van der Waals surface area contributed by atoms with Crippen LogP contribution in [0.4, 0.5) is 5.95 Å². The zero-order chi connectivity index (χ0) is 12.5. The lowest BCUT2D eigenvalue weighted by Crippen LogP contribution is -2.32. The van der Waals surface area contributed by atoms with Crippen LogP contribution in [0.3, 0.4) is 0 Å². The van der Waals surface area contributed by atoms with Crippen molar-refractivity contribution in [3.8, 4) is 0 Å². The van der Waals surface area contributed by atoms with Gasteiger partial charge in [0.2, 0.25) is 5.95 Å². The van der Waals surface area contributed by atoms with E-state index in [0.717, 1.165) is 23.5 Å². The molecule has 0 aliphatic carbocycles. The Morgan fingerprint density at radius 2 is 2.00 bits per heavy atom. The van der Waals surface area contributed by atoms with Gasteiger partial charge in [0, 0.05) is 6.54 Å². The van der Waals surface area contributed by atoms with Crippen LogP contribution in [0, 0.1) is 5.92 Å². The molecular formula is C14H20N4. The third-order valence-electron chi connectivity index (χ3n) is 3.96. The molecule has 1 aliphatic rings. The van der Waals surface area contributed by atoms with Gasteiger partial charge in [-0.3, -0.25) is 0 Å². The van der Waals surface area contributed by atoms with Gasteiger partial charge in [0.1, 0.15) is 0 Å². The molecule has 2 heterocycles. The summed E-state index contributed by atoms with van der Waals surface area (Å²) < 4.78 is 2.17. The van der Waals surface area contributed by atoms with E-state index in [1.807, 2.05) is 12.1 Å². The Balaban J connectivity index is 1.84. The van der Waals surface area contributed by atoms with E-state index in [1.165, 1.54) is 25.9 Å². The van der Waals surface area contributed by atoms with Crippen LogP contribution in [0.25, 0.3) is 11.0 Å². The topological polar surface area (TPSA) is 47.1 Å². The number of imidazole rings is 1. The van der Waals surface area contributed by atoms with Gasteiger partial charge in [-0.15, -0.1) is 0 Å². The maximum absolute atomic E-state index is 6.04. The van der Waals surface area contributed by atoms with E-state index in [4.69, 9.17) is 5.73 Å². The lowest BCUT2D eigenvalue weighted by Gasteiger charge is -2.29. The Morgan fingerprint density at radius 3 is 2.78 bits per heavy atom. The Kier molecular flexibility index (Phi) is 2.96. The van der Waals surface area contributed by atoms with Crippen molar-refractivity contribution in [2.75, 3.05) is 25.9 Å². The first-order valence-electron chi connectivity index (χ1n) is 6.63. The highest BCUT2D eigenvalue weighted by Crippen LogP contribution is 2.23. The third kappa shape index (κ3) is 2.08. The molecule has 3 rings (SSSR count). The SMILES string of the molecule is CN1CCC(Cn2c(N)nc3ccccc32)CC1. The summed E-state index contributed by atoms with van der Waals surface area (Å²) >= 11 is 0. The summed E-state index contributed by atoms with van der Waals surface area (Å²) in [5.41, 5.74) is 8.20. The number of fused-ring (bicyclic) bond motifs is 1. The predicted molar refractivity (Wildman–Crippen MR) is 74.4 cm³/mol. The van der Waals surface area contributed by atoms with E-state index in [1.54, 1.807) is 0 Å². The molecule has 0 spiro atoms. The van der Waals surface area contributed by atoms with Crippen LogP contribution in [-0.2, 0) is 6.54 Å². The summed E-state index contributed by atoms with van der Waals surface area (Å²) in [5, 5.41) is 0. The molecule has 2 N–H and O–H groups in total. The normalized spacial score (nSPS) is 18.5. The van der Waals surface area contributed by atoms with E-state index < -0.39 is 0 Å². The number of piperidine rings is 1. The first kappa shape index (κ1) is 11.5. The second kappa shape index (κ2) is 4.61. The quantitative estimate of drug-likeness (QED) is 0.878. The molecule has 1 fully saturated rings. The van der Waals surface area contributed by atoms with Gasteiger partial charge in [-0.1, -0.05) is 12.1 Å². The number of aromatic nitrogens is 2. The molecule has 1 aromatic heterocycles. The van der Waals surface area contributed by atoms with Crippen LogP contribution in [0.2, 0.25) is 0 Å². The molecule has 18 heavy (non-hydrogen) atoms. The molecular weight excluding hydrogens is 224 g/mol. The maximum Gasteiger partial charge on any atom is 0.201 e. The van der Waals surface area contributed by atoms with Gasteiger partial charge in [0.25, 0.3) is 0 Å². The molecule has 1 aliphatic heterocycles. The van der Waals surface area contributed by atoms with E-state index in [9.17, 15) is 0 Å². The molecule has 0 radical (unpaired) electrons. The van der Waals surface area contributed by atoms with Gasteiger partial charge in [0.15, 0.2) is 0 Å². The highest BCUT2D eigenvalue weighted by Gasteiger charge is 2.19. The fraction of sp³-hybridized carbons (Fsp3) is 0.500. The predicted octanol–water partition coefficient (Wildman–Crippen LogP) is 1.96. The standard InChI is InChI=1S/C14H20N4/c1-17-8-6-11(7-9-17)10-18-13-5-3-2-4-12(13)16-14(18)15/h2-5,11H,6-10H2,1H3,(H2,15,16). The number of nitrogen functional groups attached to an aromatic ring is 1. The van der Waals surface area contributed by atoms with Crippen molar-refractivity contribution in [2.45, 2.75) is 19.4 Å². The summed E-state index contributed by atoms with van der Waals surface area (Å²) in [6.07, 6.45) is 2.50. The van der Waals surface area contributed by atoms with Crippen LogP contribution >= 0.6 is 0 Å². The van der Waals surface area contributed by atoms with Crippen molar-refractivity contribution >= 4 is 17.0 Å². The lowest BCUT2D eigenvalue weighted by atomic mass is 9.97. The summed E-state index contributed by atoms with van der Waals surface area (Å²) in [6, 6.07) is 8.19. The number of benzene rings is 1. The zero-order valence-electron chi connectivity index (χ0n) is 10.8. The van der Waals surface area contributed by atoms with Gasteiger partial charge < -0.3 is 15.2 Å². The number of rotatable bonds is 2. The molecule has 1 aromatic carbocycles. The molecule has 0 unspecified atom stereocenters. The molecule has 4 heteroatoms. The molecule has 0 atom stereocenters. The Labute approximate surface area is 107 Å². The van der Waals surface area contributed by atoms with Gasteiger partial charge in [0.05, 0.1) is 11.0 Å². The fourth-order valence-corrected chi connectivity index (χ4v) is 2.79. The first-order chi connectivity index (χ1) is 8.74. The number of hydrogen-bond acceptors (Lipinski definition) is 3. The largest absolute Gasteiger partial charge is 0.369 e. The monoisotopic (exact) mass is 244 g/mol. The summed E-state index contributed by atoms with van der Waals surface area (Å²) in [6.45, 7) is 3.38. The Morgan fingerprint density at radius 1 is 1.28 bits per heavy atom. The number of hydrogen-bond donors (Lipinski definition) is 1. The lowest BCUT2D eigenvalue weighted by molar-refractivity contribution is 0.206. The highest BCUT2D eigenvalue weighted by atomic mass is 15.2. The molecule has 0 bridgehead atoms. The Bertz CT molecular complexity index is 538. The van der Waals surface area contributed by atoms with Crippen molar-refractivity contribution in [2.24, 2.45) is 5.92 Å². The van der Waals surface area contributed by atoms with Crippen LogP contribution < -0.4 is 5.73 Å². The second-order valence-corrected chi connectivity index (χ2v) is 5.32. The van der Waals surface area contributed by atoms with Crippen LogP contribution in [0.5, 0.6) is 0 Å². The van der Waals surface area contributed by atoms with E-state index >= 15 is 0 Å². The van der Waals surface area contributed by atoms with Gasteiger partial charge in [-0.25, -0.2) is 4.98 Å². The summed E-state index contributed by atoms with van der Waals surface area (Å²) in [5.74, 6) is 1.37. The maximum atomic E-state index is 6.04. The van der Waals surface area contributed by atoms with Crippen molar-refractivity contribution < 1.29 is 0 Å². The minimum absolute atomic E-state index is 0.648. The third-order valence-corrected chi connectivity index (χ3v) is 3.96. The smallest absolute Gasteiger partial charge is 0.201 e. The molecule has 4 nitrogen and oxygen atoms in total. The van der Waals surface area contributed by atoms with Crippen molar-refractivity contribution in [3.63, 3.8) is 0 Å². The highest BCUT2D eigenvalue weighted by molar-refractivity contribution is 5.78. The van der Waals surface area contributed by atoms with Gasteiger partial charge in [-0.05, 0) is 51.0 Å². The second-order valence-electron chi connectivity index (χ2n) is 5.32. The molecule has 0 saturated carbocycles. The fourth-order valence-electron chi connectivity index (χ4n) is 2.79. The minimum Gasteiger partial charge on any atom is -0.369 e. The number of likely N-dealkylation sites (tertiary alicyclic amines) is 1. The Hall–Kier alpha value is -1.55. The first-order valence-corrected chi connectivity index (χ1v) is 6.63.